The molecule has 0 atom stereocenters. The number of rotatable bonds is 6. The fraction of sp³-hybridized carbons (Fsp3) is 0.160. The highest BCUT2D eigenvalue weighted by molar-refractivity contribution is 5.91. The van der Waals surface area contributed by atoms with Gasteiger partial charge in [-0.1, -0.05) is 72.8 Å². The molecule has 4 aromatic rings. The molecule has 0 fully saturated rings. The largest absolute Gasteiger partial charge is 0.485 e. The Kier molecular flexibility index (Phi) is 4.98. The van der Waals surface area contributed by atoms with Crippen LogP contribution >= 0.6 is 0 Å². The van der Waals surface area contributed by atoms with Gasteiger partial charge in [-0.15, -0.1) is 0 Å². The molecule has 0 spiro atoms. The minimum atomic E-state index is -0.0975. The normalized spacial score (nSPS) is 10.9. The van der Waals surface area contributed by atoms with Crippen molar-refractivity contribution in [3.05, 3.63) is 83.9 Å². The summed E-state index contributed by atoms with van der Waals surface area (Å²) < 4.78 is 11.8. The molecule has 0 amide bonds. The van der Waals surface area contributed by atoms with E-state index in [0.29, 0.717) is 0 Å². The highest BCUT2D eigenvalue weighted by Gasteiger charge is 2.12. The van der Waals surface area contributed by atoms with Gasteiger partial charge >= 0.3 is 0 Å². The molecule has 0 saturated carbocycles. The molecule has 3 nitrogen and oxygen atoms in total. The van der Waals surface area contributed by atoms with Gasteiger partial charge in [0.05, 0.1) is 0 Å². The van der Waals surface area contributed by atoms with E-state index in [4.69, 9.17) is 9.47 Å². The fourth-order valence-electron chi connectivity index (χ4n) is 3.43. The predicted octanol–water partition coefficient (Wildman–Crippen LogP) is 5.64. The van der Waals surface area contributed by atoms with Crippen LogP contribution in [-0.2, 0) is 4.79 Å². The first kappa shape index (κ1) is 18.1. The number of aryl methyl sites for hydroxylation is 2. The minimum Gasteiger partial charge on any atom is -0.485 e. The Bertz CT molecular complexity index is 1070. The average molecular weight is 370 g/mol. The van der Waals surface area contributed by atoms with Crippen LogP contribution in [0.3, 0.4) is 0 Å². The number of carbonyl (C=O) groups is 1. The molecule has 0 aliphatic carbocycles. The van der Waals surface area contributed by atoms with Crippen molar-refractivity contribution >= 4 is 27.3 Å². The lowest BCUT2D eigenvalue weighted by Gasteiger charge is -2.14. The second-order valence-electron chi connectivity index (χ2n) is 6.98. The van der Waals surface area contributed by atoms with Crippen LogP contribution in [0.25, 0.3) is 21.5 Å². The lowest BCUT2D eigenvalue weighted by molar-refractivity contribution is -0.122. The van der Waals surface area contributed by atoms with Gasteiger partial charge in [-0.3, -0.25) is 4.79 Å². The molecule has 3 heteroatoms. The molecular formula is C25H22O3. The topological polar surface area (TPSA) is 35.5 Å². The molecule has 0 aliphatic heterocycles. The van der Waals surface area contributed by atoms with E-state index in [9.17, 15) is 4.79 Å². The standard InChI is InChI=1S/C25H22O3/c1-17-11-13-19-7-3-5-9-22(19)24(17)27-15-21(26)16-28-25-18(2)12-14-20-8-4-6-10-23(20)25/h3-14H,15-16H2,1-2H3. The molecule has 0 N–H and O–H groups in total. The van der Waals surface area contributed by atoms with Crippen molar-refractivity contribution < 1.29 is 14.3 Å². The van der Waals surface area contributed by atoms with E-state index in [1.807, 2.05) is 74.5 Å². The zero-order chi connectivity index (χ0) is 19.5. The Morgan fingerprint density at radius 3 is 1.54 bits per heavy atom. The van der Waals surface area contributed by atoms with E-state index in [1.54, 1.807) is 0 Å². The van der Waals surface area contributed by atoms with Crippen molar-refractivity contribution in [1.82, 2.24) is 0 Å². The lowest BCUT2D eigenvalue weighted by atomic mass is 10.1. The molecule has 0 bridgehead atoms. The van der Waals surface area contributed by atoms with Crippen LogP contribution in [0, 0.1) is 13.8 Å². The summed E-state index contributed by atoms with van der Waals surface area (Å²) in [7, 11) is 0. The minimum absolute atomic E-state index is 0.0152. The van der Waals surface area contributed by atoms with E-state index in [2.05, 4.69) is 12.1 Å². The highest BCUT2D eigenvalue weighted by atomic mass is 16.5. The molecule has 4 aromatic carbocycles. The maximum absolute atomic E-state index is 12.4. The monoisotopic (exact) mass is 370 g/mol. The van der Waals surface area contributed by atoms with Crippen molar-refractivity contribution in [2.75, 3.05) is 13.2 Å². The SMILES string of the molecule is Cc1ccc2ccccc2c1OCC(=O)COc1c(C)ccc2ccccc12. The zero-order valence-corrected chi connectivity index (χ0v) is 16.1. The molecule has 0 saturated heterocycles. The van der Waals surface area contributed by atoms with E-state index < -0.39 is 0 Å². The number of carbonyl (C=O) groups excluding carboxylic acids is 1. The van der Waals surface area contributed by atoms with Gasteiger partial charge in [-0.2, -0.15) is 0 Å². The molecule has 4 rings (SSSR count). The maximum atomic E-state index is 12.4. The van der Waals surface area contributed by atoms with Gasteiger partial charge in [0, 0.05) is 10.8 Å². The van der Waals surface area contributed by atoms with Gasteiger partial charge in [0.2, 0.25) is 5.78 Å². The van der Waals surface area contributed by atoms with Crippen LogP contribution < -0.4 is 9.47 Å². The Balaban J connectivity index is 1.47. The maximum Gasteiger partial charge on any atom is 0.207 e. The van der Waals surface area contributed by atoms with Gasteiger partial charge in [-0.05, 0) is 35.7 Å². The van der Waals surface area contributed by atoms with Crippen LogP contribution in [0.5, 0.6) is 11.5 Å². The summed E-state index contributed by atoms with van der Waals surface area (Å²) in [6, 6.07) is 24.2. The van der Waals surface area contributed by atoms with Crippen molar-refractivity contribution in [2.45, 2.75) is 13.8 Å². The third-order valence-electron chi connectivity index (χ3n) is 4.91. The first-order chi connectivity index (χ1) is 13.6. The van der Waals surface area contributed by atoms with Gasteiger partial charge in [0.1, 0.15) is 11.5 Å². The molecule has 0 unspecified atom stereocenters. The van der Waals surface area contributed by atoms with Crippen LogP contribution in [0.1, 0.15) is 11.1 Å². The number of ether oxygens (including phenoxy) is 2. The Hall–Kier alpha value is -3.33. The second-order valence-corrected chi connectivity index (χ2v) is 6.98. The third kappa shape index (κ3) is 3.56. The molecule has 140 valence electrons. The van der Waals surface area contributed by atoms with E-state index >= 15 is 0 Å². The number of hydrogen-bond acceptors (Lipinski definition) is 3. The molecular weight excluding hydrogens is 348 g/mol. The molecule has 0 heterocycles. The summed E-state index contributed by atoms with van der Waals surface area (Å²) in [6.07, 6.45) is 0. The Labute approximate surface area is 164 Å². The summed E-state index contributed by atoms with van der Waals surface area (Å²) in [4.78, 5) is 12.4. The van der Waals surface area contributed by atoms with Crippen LogP contribution in [-0.4, -0.2) is 19.0 Å². The first-order valence-corrected chi connectivity index (χ1v) is 9.37. The smallest absolute Gasteiger partial charge is 0.207 e. The van der Waals surface area contributed by atoms with Crippen molar-refractivity contribution in [2.24, 2.45) is 0 Å². The van der Waals surface area contributed by atoms with Gasteiger partial charge in [-0.25, -0.2) is 0 Å². The van der Waals surface area contributed by atoms with Crippen molar-refractivity contribution in [1.29, 1.82) is 0 Å². The van der Waals surface area contributed by atoms with Gasteiger partial charge in [0.25, 0.3) is 0 Å². The second kappa shape index (κ2) is 7.73. The van der Waals surface area contributed by atoms with E-state index in [1.165, 1.54) is 0 Å². The number of Topliss-reactive ketones (excluding diaryl/α,β-unsaturated/α-hetero) is 1. The predicted molar refractivity (Wildman–Crippen MR) is 113 cm³/mol. The first-order valence-electron chi connectivity index (χ1n) is 9.37. The molecule has 0 aromatic heterocycles. The Morgan fingerprint density at radius 1 is 0.643 bits per heavy atom. The van der Waals surface area contributed by atoms with Gasteiger partial charge < -0.3 is 9.47 Å². The third-order valence-corrected chi connectivity index (χ3v) is 4.91. The molecule has 28 heavy (non-hydrogen) atoms. The average Bonchev–Trinajstić information content (AvgIpc) is 2.72. The molecule has 0 radical (unpaired) electrons. The summed E-state index contributed by atoms with van der Waals surface area (Å²) in [5, 5.41) is 4.22. The molecule has 0 aliphatic rings. The Morgan fingerprint density at radius 2 is 1.07 bits per heavy atom. The number of fused-ring (bicyclic) bond motifs is 2. The lowest BCUT2D eigenvalue weighted by Crippen LogP contribution is -2.19. The highest BCUT2D eigenvalue weighted by Crippen LogP contribution is 2.30. The number of ketones is 1. The van der Waals surface area contributed by atoms with E-state index in [0.717, 1.165) is 44.2 Å². The number of benzene rings is 4. The fourth-order valence-corrected chi connectivity index (χ4v) is 3.43. The summed E-state index contributed by atoms with van der Waals surface area (Å²) in [6.45, 7) is 3.95. The number of hydrogen-bond donors (Lipinski definition) is 0. The summed E-state index contributed by atoms with van der Waals surface area (Å²) >= 11 is 0. The summed E-state index contributed by atoms with van der Waals surface area (Å²) in [5.74, 6) is 1.42. The van der Waals surface area contributed by atoms with Crippen molar-refractivity contribution in [3.63, 3.8) is 0 Å². The van der Waals surface area contributed by atoms with Crippen LogP contribution in [0.15, 0.2) is 72.8 Å². The summed E-state index contributed by atoms with van der Waals surface area (Å²) in [5.41, 5.74) is 2.02. The van der Waals surface area contributed by atoms with Crippen LogP contribution in [0.4, 0.5) is 0 Å². The van der Waals surface area contributed by atoms with Crippen LogP contribution in [0.2, 0.25) is 0 Å². The van der Waals surface area contributed by atoms with Gasteiger partial charge in [0.15, 0.2) is 13.2 Å². The zero-order valence-electron chi connectivity index (χ0n) is 16.1. The quantitative estimate of drug-likeness (QED) is 0.441. The van der Waals surface area contributed by atoms with Crippen molar-refractivity contribution in [3.8, 4) is 11.5 Å². The van der Waals surface area contributed by atoms with E-state index in [-0.39, 0.29) is 19.0 Å².